The number of hydrogen-bond donors (Lipinski definition) is 0. The summed E-state index contributed by atoms with van der Waals surface area (Å²) in [5.41, 5.74) is 5.66. The maximum Gasteiger partial charge on any atom is 0.139 e. The third-order valence-corrected chi connectivity index (χ3v) is 7.38. The number of rotatable bonds is 12. The molecular weight excluding hydrogens is 560 g/mol. The molecule has 0 aliphatic rings. The van der Waals surface area contributed by atoms with Crippen LogP contribution in [0, 0.1) is 0 Å². The molecule has 0 saturated heterocycles. The lowest BCUT2D eigenvalue weighted by Crippen LogP contribution is -1.98. The van der Waals surface area contributed by atoms with Gasteiger partial charge in [-0.25, -0.2) is 0 Å². The van der Waals surface area contributed by atoms with Gasteiger partial charge in [-0.2, -0.15) is 0 Å². The second kappa shape index (κ2) is 14.2. The average molecular weight is 595 g/mol. The molecule has 0 unspecified atom stereocenters. The minimum atomic E-state index is 0.473. The van der Waals surface area contributed by atoms with Crippen LogP contribution in [-0.4, -0.2) is 14.2 Å². The predicted octanol–water partition coefficient (Wildman–Crippen LogP) is 9.99. The van der Waals surface area contributed by atoms with E-state index in [-0.39, 0.29) is 0 Å². The van der Waals surface area contributed by atoms with Crippen molar-refractivity contribution >= 4 is 0 Å². The van der Waals surface area contributed by atoms with Crippen molar-refractivity contribution in [1.29, 1.82) is 0 Å². The van der Waals surface area contributed by atoms with Gasteiger partial charge in [0.25, 0.3) is 0 Å². The molecule has 0 amide bonds. The predicted molar refractivity (Wildman–Crippen MR) is 178 cm³/mol. The molecule has 45 heavy (non-hydrogen) atoms. The largest absolute Gasteiger partial charge is 0.496 e. The van der Waals surface area contributed by atoms with E-state index in [2.05, 4.69) is 0 Å². The van der Waals surface area contributed by atoms with E-state index in [1.165, 1.54) is 0 Å². The summed E-state index contributed by atoms with van der Waals surface area (Å²) in [6.07, 6.45) is 0. The Morgan fingerprint density at radius 2 is 0.800 bits per heavy atom. The van der Waals surface area contributed by atoms with Crippen molar-refractivity contribution in [1.82, 2.24) is 0 Å². The Bertz CT molecular complexity index is 1710. The summed E-state index contributed by atoms with van der Waals surface area (Å²) < 4.78 is 30.7. The number of methoxy groups -OCH3 is 2. The van der Waals surface area contributed by atoms with Crippen LogP contribution in [0.4, 0.5) is 0 Å². The van der Waals surface area contributed by atoms with Crippen LogP contribution in [0.3, 0.4) is 0 Å². The van der Waals surface area contributed by atoms with E-state index < -0.39 is 0 Å². The molecule has 224 valence electrons. The minimum Gasteiger partial charge on any atom is -0.496 e. The monoisotopic (exact) mass is 594 g/mol. The zero-order valence-electron chi connectivity index (χ0n) is 25.3. The van der Waals surface area contributed by atoms with Crippen LogP contribution >= 0.6 is 0 Å². The molecular formula is C40H34O5. The Morgan fingerprint density at radius 1 is 0.400 bits per heavy atom. The van der Waals surface area contributed by atoms with Crippen molar-refractivity contribution in [2.75, 3.05) is 14.2 Å². The highest BCUT2D eigenvalue weighted by molar-refractivity contribution is 5.81. The van der Waals surface area contributed by atoms with Crippen LogP contribution in [0.25, 0.3) is 22.3 Å². The first-order chi connectivity index (χ1) is 22.2. The van der Waals surface area contributed by atoms with Gasteiger partial charge in [0.1, 0.15) is 47.7 Å². The van der Waals surface area contributed by atoms with Gasteiger partial charge in [-0.05, 0) is 70.8 Å². The van der Waals surface area contributed by atoms with Crippen molar-refractivity contribution in [2.45, 2.75) is 13.2 Å². The molecule has 0 spiro atoms. The fraction of sp³-hybridized carbons (Fsp3) is 0.100. The lowest BCUT2D eigenvalue weighted by molar-refractivity contribution is 0.306. The van der Waals surface area contributed by atoms with Crippen molar-refractivity contribution in [3.8, 4) is 56.8 Å². The highest BCUT2D eigenvalue weighted by Gasteiger charge is 2.19. The highest BCUT2D eigenvalue weighted by atomic mass is 16.5. The lowest BCUT2D eigenvalue weighted by atomic mass is 10.0. The summed E-state index contributed by atoms with van der Waals surface area (Å²) in [4.78, 5) is 0. The summed E-state index contributed by atoms with van der Waals surface area (Å²) in [6.45, 7) is 0.946. The Labute approximate surface area is 264 Å². The van der Waals surface area contributed by atoms with Crippen LogP contribution in [0.1, 0.15) is 11.1 Å². The molecule has 0 radical (unpaired) electrons. The van der Waals surface area contributed by atoms with Crippen molar-refractivity contribution in [3.05, 3.63) is 157 Å². The van der Waals surface area contributed by atoms with Gasteiger partial charge in [-0.1, -0.05) is 97.1 Å². The molecule has 0 atom stereocenters. The van der Waals surface area contributed by atoms with E-state index in [0.29, 0.717) is 36.2 Å². The fourth-order valence-corrected chi connectivity index (χ4v) is 5.18. The molecule has 6 aromatic carbocycles. The second-order valence-electron chi connectivity index (χ2n) is 10.4. The van der Waals surface area contributed by atoms with Gasteiger partial charge in [0.2, 0.25) is 0 Å². The first-order valence-electron chi connectivity index (χ1n) is 14.8. The minimum absolute atomic E-state index is 0.473. The lowest BCUT2D eigenvalue weighted by Gasteiger charge is -2.19. The van der Waals surface area contributed by atoms with Crippen LogP contribution in [0.5, 0.6) is 34.5 Å². The van der Waals surface area contributed by atoms with E-state index in [0.717, 1.165) is 44.9 Å². The summed E-state index contributed by atoms with van der Waals surface area (Å²) in [7, 11) is 3.33. The molecule has 0 fully saturated rings. The Kier molecular flexibility index (Phi) is 9.27. The van der Waals surface area contributed by atoms with Crippen LogP contribution < -0.4 is 23.7 Å². The molecule has 0 aliphatic carbocycles. The van der Waals surface area contributed by atoms with Gasteiger partial charge in [0.15, 0.2) is 0 Å². The maximum atomic E-state index is 6.73. The molecule has 0 saturated carbocycles. The Hall–Kier alpha value is -5.68. The topological polar surface area (TPSA) is 46.2 Å². The van der Waals surface area contributed by atoms with Crippen molar-refractivity contribution in [2.24, 2.45) is 0 Å². The van der Waals surface area contributed by atoms with Gasteiger partial charge in [0, 0.05) is 0 Å². The average Bonchev–Trinajstić information content (AvgIpc) is 3.10. The van der Waals surface area contributed by atoms with Gasteiger partial charge < -0.3 is 23.7 Å². The maximum absolute atomic E-state index is 6.73. The van der Waals surface area contributed by atoms with E-state index >= 15 is 0 Å². The SMILES string of the molecule is COc1cccc(Oc2cccc(OC)c2-c2cccc(OCc3ccccc3)c2)c1-c1cccc(OCc2ccccc2)c1. The van der Waals surface area contributed by atoms with Crippen LogP contribution in [-0.2, 0) is 13.2 Å². The normalized spacial score (nSPS) is 10.6. The molecule has 6 rings (SSSR count). The summed E-state index contributed by atoms with van der Waals surface area (Å²) in [6, 6.07) is 47.7. The van der Waals surface area contributed by atoms with E-state index in [9.17, 15) is 0 Å². The zero-order valence-corrected chi connectivity index (χ0v) is 25.3. The summed E-state index contributed by atoms with van der Waals surface area (Å²) >= 11 is 0. The third-order valence-electron chi connectivity index (χ3n) is 7.38. The number of hydrogen-bond acceptors (Lipinski definition) is 5. The molecule has 6 aromatic rings. The Balaban J connectivity index is 1.33. The first-order valence-corrected chi connectivity index (χ1v) is 14.8. The molecule has 0 N–H and O–H groups in total. The van der Waals surface area contributed by atoms with Crippen LogP contribution in [0.2, 0.25) is 0 Å². The first kappa shape index (κ1) is 29.4. The van der Waals surface area contributed by atoms with E-state index in [1.807, 2.05) is 146 Å². The van der Waals surface area contributed by atoms with Gasteiger partial charge >= 0.3 is 0 Å². The Morgan fingerprint density at radius 3 is 1.22 bits per heavy atom. The van der Waals surface area contributed by atoms with E-state index in [1.54, 1.807) is 14.2 Å². The van der Waals surface area contributed by atoms with E-state index in [4.69, 9.17) is 23.7 Å². The molecule has 0 aliphatic heterocycles. The molecule has 0 heterocycles. The van der Waals surface area contributed by atoms with Crippen molar-refractivity contribution in [3.63, 3.8) is 0 Å². The van der Waals surface area contributed by atoms with Gasteiger partial charge in [0.05, 0.1) is 25.3 Å². The quantitative estimate of drug-likeness (QED) is 0.141. The van der Waals surface area contributed by atoms with Gasteiger partial charge in [-0.3, -0.25) is 0 Å². The molecule has 5 heteroatoms. The zero-order chi connectivity index (χ0) is 30.8. The highest BCUT2D eigenvalue weighted by Crippen LogP contribution is 2.46. The second-order valence-corrected chi connectivity index (χ2v) is 10.4. The smallest absolute Gasteiger partial charge is 0.139 e. The number of benzene rings is 6. The fourth-order valence-electron chi connectivity index (χ4n) is 5.18. The summed E-state index contributed by atoms with van der Waals surface area (Å²) in [5.74, 6) is 4.16. The summed E-state index contributed by atoms with van der Waals surface area (Å²) in [5, 5.41) is 0. The van der Waals surface area contributed by atoms with Crippen LogP contribution in [0.15, 0.2) is 146 Å². The third kappa shape index (κ3) is 7.11. The molecule has 0 aromatic heterocycles. The molecule has 0 bridgehead atoms. The van der Waals surface area contributed by atoms with Crippen molar-refractivity contribution < 1.29 is 23.7 Å². The molecule has 5 nitrogen and oxygen atoms in total. The standard InChI is InChI=1S/C40H34O5/c1-41-35-21-11-23-37(39(35)31-17-9-19-33(25-31)43-27-29-13-5-3-6-14-29)45-38-24-12-22-36(42-2)40(38)32-18-10-20-34(26-32)44-28-30-15-7-4-8-16-30/h3-26H,27-28H2,1-2H3. The van der Waals surface area contributed by atoms with Gasteiger partial charge in [-0.15, -0.1) is 0 Å². The number of ether oxygens (including phenoxy) is 5.